The van der Waals surface area contributed by atoms with E-state index in [1.54, 1.807) is 30.3 Å². The molecule has 1 aromatic heterocycles. The van der Waals surface area contributed by atoms with Crippen molar-refractivity contribution < 1.29 is 10.0 Å². The number of hydrogen-bond acceptors (Lipinski definition) is 5. The highest BCUT2D eigenvalue weighted by Gasteiger charge is 2.11. The van der Waals surface area contributed by atoms with E-state index in [1.165, 1.54) is 12.3 Å². The number of nitro groups is 1. The maximum absolute atomic E-state index is 10.8. The SMILES string of the molecule is O=[N+]([O-])c1ccccc1CNCc1ccc(O)cn1. The van der Waals surface area contributed by atoms with Crippen molar-refractivity contribution in [2.45, 2.75) is 13.1 Å². The normalized spacial score (nSPS) is 10.3. The molecule has 2 aromatic rings. The van der Waals surface area contributed by atoms with Crippen LogP contribution in [0, 0.1) is 10.1 Å². The standard InChI is InChI=1S/C13H13N3O3/c17-12-6-5-11(15-9-12)8-14-7-10-3-1-2-4-13(10)16(18)19/h1-6,9,14,17H,7-8H2. The van der Waals surface area contributed by atoms with Gasteiger partial charge < -0.3 is 10.4 Å². The number of nitro benzene ring substituents is 1. The van der Waals surface area contributed by atoms with Gasteiger partial charge >= 0.3 is 0 Å². The molecule has 98 valence electrons. The topological polar surface area (TPSA) is 88.3 Å². The second-order valence-corrected chi connectivity index (χ2v) is 4.00. The Bertz CT molecular complexity index is 570. The van der Waals surface area contributed by atoms with Gasteiger partial charge in [-0.05, 0) is 12.1 Å². The lowest BCUT2D eigenvalue weighted by atomic mass is 10.2. The van der Waals surface area contributed by atoms with Gasteiger partial charge in [0.25, 0.3) is 5.69 Å². The minimum atomic E-state index is -0.393. The average molecular weight is 259 g/mol. The van der Waals surface area contributed by atoms with Crippen molar-refractivity contribution in [1.82, 2.24) is 10.3 Å². The van der Waals surface area contributed by atoms with Gasteiger partial charge in [-0.1, -0.05) is 18.2 Å². The zero-order chi connectivity index (χ0) is 13.7. The van der Waals surface area contributed by atoms with E-state index in [0.29, 0.717) is 18.7 Å². The zero-order valence-corrected chi connectivity index (χ0v) is 10.1. The van der Waals surface area contributed by atoms with E-state index in [2.05, 4.69) is 10.3 Å². The van der Waals surface area contributed by atoms with Gasteiger partial charge in [0, 0.05) is 24.7 Å². The van der Waals surface area contributed by atoms with Crippen LogP contribution in [0.2, 0.25) is 0 Å². The van der Waals surface area contributed by atoms with Crippen LogP contribution in [-0.2, 0) is 13.1 Å². The van der Waals surface area contributed by atoms with Gasteiger partial charge in [-0.3, -0.25) is 15.1 Å². The van der Waals surface area contributed by atoms with Gasteiger partial charge in [-0.25, -0.2) is 0 Å². The third-order valence-corrected chi connectivity index (χ3v) is 2.62. The van der Waals surface area contributed by atoms with Gasteiger partial charge in [-0.2, -0.15) is 0 Å². The van der Waals surface area contributed by atoms with Crippen LogP contribution in [0.4, 0.5) is 5.69 Å². The molecule has 0 fully saturated rings. The first-order valence-corrected chi connectivity index (χ1v) is 5.74. The summed E-state index contributed by atoms with van der Waals surface area (Å²) in [4.78, 5) is 14.5. The number of pyridine rings is 1. The minimum Gasteiger partial charge on any atom is -0.506 e. The molecule has 0 atom stereocenters. The van der Waals surface area contributed by atoms with Crippen LogP contribution in [0.25, 0.3) is 0 Å². The summed E-state index contributed by atoms with van der Waals surface area (Å²) in [7, 11) is 0. The Balaban J connectivity index is 1.96. The van der Waals surface area contributed by atoms with Gasteiger partial charge in [0.05, 0.1) is 16.8 Å². The van der Waals surface area contributed by atoms with Crippen LogP contribution in [-0.4, -0.2) is 15.0 Å². The first-order chi connectivity index (χ1) is 9.16. The van der Waals surface area contributed by atoms with Crippen LogP contribution < -0.4 is 5.32 Å². The molecule has 6 nitrogen and oxygen atoms in total. The lowest BCUT2D eigenvalue weighted by molar-refractivity contribution is -0.385. The molecular formula is C13H13N3O3. The molecule has 0 saturated carbocycles. The van der Waals surface area contributed by atoms with Crippen molar-refractivity contribution in [3.63, 3.8) is 0 Å². The van der Waals surface area contributed by atoms with Gasteiger partial charge in [0.15, 0.2) is 0 Å². The van der Waals surface area contributed by atoms with Crippen molar-refractivity contribution in [2.75, 3.05) is 0 Å². The van der Waals surface area contributed by atoms with Gasteiger partial charge in [-0.15, -0.1) is 0 Å². The maximum Gasteiger partial charge on any atom is 0.273 e. The summed E-state index contributed by atoms with van der Waals surface area (Å²) >= 11 is 0. The summed E-state index contributed by atoms with van der Waals surface area (Å²) in [6.45, 7) is 0.867. The third-order valence-electron chi connectivity index (χ3n) is 2.62. The predicted octanol–water partition coefficient (Wildman–Crippen LogP) is 1.99. The zero-order valence-electron chi connectivity index (χ0n) is 10.1. The molecule has 0 spiro atoms. The number of aromatic nitrogens is 1. The molecule has 2 N–H and O–H groups in total. The number of para-hydroxylation sites is 1. The highest BCUT2D eigenvalue weighted by Crippen LogP contribution is 2.17. The predicted molar refractivity (Wildman–Crippen MR) is 69.5 cm³/mol. The van der Waals surface area contributed by atoms with Crippen molar-refractivity contribution in [1.29, 1.82) is 0 Å². The molecule has 0 radical (unpaired) electrons. The van der Waals surface area contributed by atoms with E-state index in [4.69, 9.17) is 5.11 Å². The Hall–Kier alpha value is -2.47. The number of aromatic hydroxyl groups is 1. The molecule has 0 amide bonds. The summed E-state index contributed by atoms with van der Waals surface area (Å²) in [6, 6.07) is 9.86. The second kappa shape index (κ2) is 5.92. The first kappa shape index (κ1) is 13.0. The summed E-state index contributed by atoms with van der Waals surface area (Å²) in [6.07, 6.45) is 1.36. The molecule has 19 heavy (non-hydrogen) atoms. The van der Waals surface area contributed by atoms with E-state index in [9.17, 15) is 10.1 Å². The van der Waals surface area contributed by atoms with Crippen LogP contribution in [0.5, 0.6) is 5.75 Å². The summed E-state index contributed by atoms with van der Waals surface area (Å²) in [5, 5.41) is 23.0. The van der Waals surface area contributed by atoms with E-state index in [-0.39, 0.29) is 11.4 Å². The highest BCUT2D eigenvalue weighted by molar-refractivity contribution is 5.39. The number of nitrogens with zero attached hydrogens (tertiary/aromatic N) is 2. The number of rotatable bonds is 5. The molecule has 0 saturated heterocycles. The van der Waals surface area contributed by atoms with Crippen LogP contribution in [0.3, 0.4) is 0 Å². The van der Waals surface area contributed by atoms with E-state index >= 15 is 0 Å². The molecule has 6 heteroatoms. The summed E-state index contributed by atoms with van der Waals surface area (Å²) < 4.78 is 0. The largest absolute Gasteiger partial charge is 0.506 e. The average Bonchev–Trinajstić information content (AvgIpc) is 2.41. The Morgan fingerprint density at radius 3 is 2.68 bits per heavy atom. The number of hydrogen-bond donors (Lipinski definition) is 2. The Kier molecular flexibility index (Phi) is 4.04. The fourth-order valence-electron chi connectivity index (χ4n) is 1.68. The number of nitrogens with one attached hydrogen (secondary N) is 1. The van der Waals surface area contributed by atoms with E-state index in [0.717, 1.165) is 5.69 Å². The third kappa shape index (κ3) is 3.49. The second-order valence-electron chi connectivity index (χ2n) is 4.00. The summed E-state index contributed by atoms with van der Waals surface area (Å²) in [5.41, 5.74) is 1.50. The Morgan fingerprint density at radius 2 is 2.00 bits per heavy atom. The van der Waals surface area contributed by atoms with E-state index in [1.807, 2.05) is 0 Å². The lowest BCUT2D eigenvalue weighted by Crippen LogP contribution is -2.14. The maximum atomic E-state index is 10.8. The molecule has 0 aliphatic heterocycles. The first-order valence-electron chi connectivity index (χ1n) is 5.74. The lowest BCUT2D eigenvalue weighted by Gasteiger charge is -2.05. The van der Waals surface area contributed by atoms with Gasteiger partial charge in [0.1, 0.15) is 5.75 Å². The number of benzene rings is 1. The molecule has 0 aliphatic rings. The smallest absolute Gasteiger partial charge is 0.273 e. The summed E-state index contributed by atoms with van der Waals surface area (Å²) in [5.74, 6) is 0.113. The van der Waals surface area contributed by atoms with Gasteiger partial charge in [0.2, 0.25) is 0 Å². The van der Waals surface area contributed by atoms with Crippen molar-refractivity contribution in [2.24, 2.45) is 0 Å². The molecule has 0 aliphatic carbocycles. The van der Waals surface area contributed by atoms with Crippen molar-refractivity contribution in [3.8, 4) is 5.75 Å². The fraction of sp³-hybridized carbons (Fsp3) is 0.154. The Labute approximate surface area is 109 Å². The Morgan fingerprint density at radius 1 is 1.21 bits per heavy atom. The monoisotopic (exact) mass is 259 g/mol. The molecule has 0 unspecified atom stereocenters. The molecule has 0 bridgehead atoms. The fourth-order valence-corrected chi connectivity index (χ4v) is 1.68. The molecule has 1 heterocycles. The van der Waals surface area contributed by atoms with Crippen LogP contribution >= 0.6 is 0 Å². The van der Waals surface area contributed by atoms with E-state index < -0.39 is 4.92 Å². The molecular weight excluding hydrogens is 246 g/mol. The quantitative estimate of drug-likeness (QED) is 0.633. The van der Waals surface area contributed by atoms with Crippen molar-refractivity contribution in [3.05, 3.63) is 64.0 Å². The van der Waals surface area contributed by atoms with Crippen LogP contribution in [0.15, 0.2) is 42.6 Å². The minimum absolute atomic E-state index is 0.105. The highest BCUT2D eigenvalue weighted by atomic mass is 16.6. The molecule has 2 rings (SSSR count). The van der Waals surface area contributed by atoms with Crippen molar-refractivity contribution >= 4 is 5.69 Å². The van der Waals surface area contributed by atoms with Crippen LogP contribution in [0.1, 0.15) is 11.3 Å². The molecule has 1 aromatic carbocycles.